The van der Waals surface area contributed by atoms with Gasteiger partial charge in [0.1, 0.15) is 16.8 Å². The first-order valence-electron chi connectivity index (χ1n) is 7.10. The molecule has 1 N–H and O–H groups in total. The van der Waals surface area contributed by atoms with Crippen molar-refractivity contribution in [3.63, 3.8) is 0 Å². The molecule has 3 nitrogen and oxygen atoms in total. The Morgan fingerprint density at radius 3 is 2.28 bits per heavy atom. The van der Waals surface area contributed by atoms with Crippen LogP contribution in [-0.4, -0.2) is 16.0 Å². The number of halogens is 1. The lowest BCUT2D eigenvalue weighted by molar-refractivity contribution is 0.565. The van der Waals surface area contributed by atoms with Crippen LogP contribution in [-0.2, 0) is 0 Å². The van der Waals surface area contributed by atoms with Crippen LogP contribution in [0.2, 0.25) is 5.15 Å². The first kappa shape index (κ1) is 11.0. The normalized spacial score (nSPS) is 23.4. The van der Waals surface area contributed by atoms with Gasteiger partial charge in [-0.25, -0.2) is 9.97 Å². The molecule has 1 heterocycles. The van der Waals surface area contributed by atoms with E-state index in [-0.39, 0.29) is 0 Å². The van der Waals surface area contributed by atoms with Gasteiger partial charge in [-0.2, -0.15) is 0 Å². The van der Waals surface area contributed by atoms with Crippen molar-refractivity contribution in [2.45, 2.75) is 50.5 Å². The van der Waals surface area contributed by atoms with Crippen LogP contribution in [0.3, 0.4) is 0 Å². The van der Waals surface area contributed by atoms with Crippen molar-refractivity contribution >= 4 is 17.4 Å². The highest BCUT2D eigenvalue weighted by molar-refractivity contribution is 6.29. The van der Waals surface area contributed by atoms with Gasteiger partial charge in [0.05, 0.1) is 0 Å². The van der Waals surface area contributed by atoms with E-state index in [1.165, 1.54) is 38.5 Å². The Bertz CT molecular complexity index is 452. The Balaban J connectivity index is 1.55. The van der Waals surface area contributed by atoms with Gasteiger partial charge >= 0.3 is 0 Å². The molecular weight excluding hydrogens is 246 g/mol. The molecule has 0 unspecified atom stereocenters. The highest BCUT2D eigenvalue weighted by Crippen LogP contribution is 2.46. The highest BCUT2D eigenvalue weighted by Gasteiger charge is 2.41. The van der Waals surface area contributed by atoms with Gasteiger partial charge in [0.15, 0.2) is 0 Å². The summed E-state index contributed by atoms with van der Waals surface area (Å²) in [5.74, 6) is 4.19. The number of nitrogens with one attached hydrogen (secondary N) is 1. The van der Waals surface area contributed by atoms with Gasteiger partial charge in [-0.05, 0) is 50.4 Å². The molecule has 0 aliphatic heterocycles. The molecule has 3 aliphatic rings. The third kappa shape index (κ3) is 2.33. The monoisotopic (exact) mass is 263 g/mol. The quantitative estimate of drug-likeness (QED) is 0.825. The van der Waals surface area contributed by atoms with Crippen LogP contribution in [0.5, 0.6) is 0 Å². The molecule has 96 valence electrons. The van der Waals surface area contributed by atoms with Crippen LogP contribution in [0.25, 0.3) is 0 Å². The van der Waals surface area contributed by atoms with Gasteiger partial charge in [0.25, 0.3) is 0 Å². The molecule has 0 bridgehead atoms. The van der Waals surface area contributed by atoms with Crippen LogP contribution in [0.4, 0.5) is 5.82 Å². The van der Waals surface area contributed by atoms with E-state index in [0.29, 0.717) is 17.1 Å². The van der Waals surface area contributed by atoms with Crippen LogP contribution in [0.1, 0.15) is 50.3 Å². The van der Waals surface area contributed by atoms with Crippen molar-refractivity contribution in [3.8, 4) is 0 Å². The Kier molecular flexibility index (Phi) is 2.51. The fourth-order valence-corrected chi connectivity index (χ4v) is 2.93. The molecule has 4 heteroatoms. The number of aromatic nitrogens is 2. The Morgan fingerprint density at radius 2 is 1.72 bits per heavy atom. The fraction of sp³-hybridized carbons (Fsp3) is 0.714. The van der Waals surface area contributed by atoms with E-state index >= 15 is 0 Å². The first-order chi connectivity index (χ1) is 8.79. The molecule has 0 atom stereocenters. The molecule has 0 radical (unpaired) electrons. The number of anilines is 1. The lowest BCUT2D eigenvalue weighted by Gasteiger charge is -2.18. The van der Waals surface area contributed by atoms with Crippen LogP contribution >= 0.6 is 11.6 Å². The zero-order chi connectivity index (χ0) is 12.1. The summed E-state index contributed by atoms with van der Waals surface area (Å²) < 4.78 is 0. The highest BCUT2D eigenvalue weighted by atomic mass is 35.5. The first-order valence-corrected chi connectivity index (χ1v) is 7.48. The lowest BCUT2D eigenvalue weighted by Crippen LogP contribution is -2.25. The second-order valence-electron chi connectivity index (χ2n) is 6.05. The van der Waals surface area contributed by atoms with E-state index < -0.39 is 0 Å². The van der Waals surface area contributed by atoms with Crippen molar-refractivity contribution in [3.05, 3.63) is 17.0 Å². The van der Waals surface area contributed by atoms with Gasteiger partial charge in [-0.3, -0.25) is 0 Å². The number of nitrogens with zero attached hydrogens (tertiary/aromatic N) is 2. The number of hydrogen-bond donors (Lipinski definition) is 1. The molecule has 0 spiro atoms. The Labute approximate surface area is 112 Å². The molecule has 0 amide bonds. The lowest BCUT2D eigenvalue weighted by atomic mass is 10.1. The SMILES string of the molecule is Clc1cc(NC(C2CC2)C2CC2)nc(C2CC2)n1. The smallest absolute Gasteiger partial charge is 0.135 e. The molecule has 1 aromatic rings. The fourth-order valence-electron chi connectivity index (χ4n) is 2.74. The molecule has 3 fully saturated rings. The van der Waals surface area contributed by atoms with E-state index in [1.54, 1.807) is 0 Å². The van der Waals surface area contributed by atoms with E-state index in [0.717, 1.165) is 23.5 Å². The minimum absolute atomic E-state index is 0.560. The summed E-state index contributed by atoms with van der Waals surface area (Å²) in [6.45, 7) is 0. The van der Waals surface area contributed by atoms with Crippen LogP contribution < -0.4 is 5.32 Å². The average Bonchev–Trinajstić information content (AvgIpc) is 3.24. The van der Waals surface area contributed by atoms with E-state index in [9.17, 15) is 0 Å². The van der Waals surface area contributed by atoms with E-state index in [2.05, 4.69) is 15.3 Å². The summed E-state index contributed by atoms with van der Waals surface area (Å²) in [5, 5.41) is 4.21. The summed E-state index contributed by atoms with van der Waals surface area (Å²) >= 11 is 6.10. The zero-order valence-corrected chi connectivity index (χ0v) is 11.2. The summed E-state index contributed by atoms with van der Waals surface area (Å²) in [4.78, 5) is 8.99. The minimum Gasteiger partial charge on any atom is -0.367 e. The largest absolute Gasteiger partial charge is 0.367 e. The van der Waals surface area contributed by atoms with Gasteiger partial charge in [0, 0.05) is 18.0 Å². The molecule has 1 aromatic heterocycles. The standard InChI is InChI=1S/C14H18ClN3/c15-11-7-12(18-14(16-11)10-5-6-10)17-13(8-1-2-8)9-3-4-9/h7-10,13H,1-6H2,(H,16,17,18). The van der Waals surface area contributed by atoms with E-state index in [1.807, 2.05) is 6.07 Å². The molecular formula is C14H18ClN3. The van der Waals surface area contributed by atoms with Crippen LogP contribution in [0.15, 0.2) is 6.07 Å². The zero-order valence-electron chi connectivity index (χ0n) is 10.4. The van der Waals surface area contributed by atoms with Crippen molar-refractivity contribution in [2.24, 2.45) is 11.8 Å². The van der Waals surface area contributed by atoms with Crippen molar-refractivity contribution in [1.29, 1.82) is 0 Å². The maximum Gasteiger partial charge on any atom is 0.135 e. The summed E-state index contributed by atoms with van der Waals surface area (Å²) in [6, 6.07) is 2.51. The molecule has 3 saturated carbocycles. The molecule has 0 saturated heterocycles. The van der Waals surface area contributed by atoms with E-state index in [4.69, 9.17) is 11.6 Å². The van der Waals surface area contributed by atoms with Crippen molar-refractivity contribution in [2.75, 3.05) is 5.32 Å². The van der Waals surface area contributed by atoms with Gasteiger partial charge in [-0.1, -0.05) is 11.6 Å². The topological polar surface area (TPSA) is 37.8 Å². The minimum atomic E-state index is 0.560. The van der Waals surface area contributed by atoms with Crippen LogP contribution in [0, 0.1) is 11.8 Å². The molecule has 18 heavy (non-hydrogen) atoms. The third-order valence-corrected chi connectivity index (χ3v) is 4.42. The second-order valence-corrected chi connectivity index (χ2v) is 6.44. The number of rotatable bonds is 5. The Hall–Kier alpha value is -0.830. The Morgan fingerprint density at radius 1 is 1.06 bits per heavy atom. The summed E-state index contributed by atoms with van der Waals surface area (Å²) in [7, 11) is 0. The molecule has 3 aliphatic carbocycles. The maximum absolute atomic E-state index is 6.10. The number of hydrogen-bond acceptors (Lipinski definition) is 3. The average molecular weight is 264 g/mol. The maximum atomic E-state index is 6.10. The van der Waals surface area contributed by atoms with Gasteiger partial charge in [-0.15, -0.1) is 0 Å². The molecule has 4 rings (SSSR count). The van der Waals surface area contributed by atoms with Gasteiger partial charge < -0.3 is 5.32 Å². The second kappa shape index (κ2) is 4.09. The summed E-state index contributed by atoms with van der Waals surface area (Å²) in [6.07, 6.45) is 7.94. The summed E-state index contributed by atoms with van der Waals surface area (Å²) in [5.41, 5.74) is 0. The molecule has 0 aromatic carbocycles. The third-order valence-electron chi connectivity index (χ3n) is 4.23. The van der Waals surface area contributed by atoms with Crippen molar-refractivity contribution < 1.29 is 0 Å². The predicted molar refractivity (Wildman–Crippen MR) is 71.9 cm³/mol. The van der Waals surface area contributed by atoms with Gasteiger partial charge in [0.2, 0.25) is 0 Å². The predicted octanol–water partition coefficient (Wildman–Crippen LogP) is 3.61. The van der Waals surface area contributed by atoms with Crippen molar-refractivity contribution in [1.82, 2.24) is 9.97 Å².